The number of carbonyl (C=O) groups is 1. The molecule has 1 aliphatic carbocycles. The zero-order chi connectivity index (χ0) is 20.7. The molecule has 0 radical (unpaired) electrons. The molecular weight excluding hydrogens is 404 g/mol. The number of amides is 1. The smallest absolute Gasteiger partial charge is 0.240 e. The van der Waals surface area contributed by atoms with Crippen LogP contribution < -0.4 is 4.72 Å². The van der Waals surface area contributed by atoms with E-state index in [1.807, 2.05) is 0 Å². The van der Waals surface area contributed by atoms with Crippen LogP contribution in [0.25, 0.3) is 0 Å². The van der Waals surface area contributed by atoms with Gasteiger partial charge in [-0.15, -0.1) is 0 Å². The van der Waals surface area contributed by atoms with Gasteiger partial charge < -0.3 is 14.4 Å². The number of likely N-dealkylation sites (N-methyl/N-ethyl adjacent to an activating group) is 1. The molecule has 1 N–H and O–H groups in total. The molecule has 9 heteroatoms. The quantitative estimate of drug-likeness (QED) is 0.606. The number of rotatable bonds is 9. The fraction of sp³-hybridized carbons (Fsp3) is 0.632. The van der Waals surface area contributed by atoms with E-state index >= 15 is 0 Å². The van der Waals surface area contributed by atoms with Crippen molar-refractivity contribution in [1.82, 2.24) is 9.62 Å². The lowest BCUT2D eigenvalue weighted by molar-refractivity contribution is -0.147. The molecule has 0 aromatic heterocycles. The minimum Gasteiger partial charge on any atom is -0.354 e. The first kappa shape index (κ1) is 23.1. The Labute approximate surface area is 172 Å². The molecule has 0 spiro atoms. The maximum Gasteiger partial charge on any atom is 0.240 e. The van der Waals surface area contributed by atoms with E-state index in [0.717, 1.165) is 25.7 Å². The highest BCUT2D eigenvalue weighted by Gasteiger charge is 2.29. The molecule has 0 saturated heterocycles. The minimum absolute atomic E-state index is 0.0384. The normalized spacial score (nSPS) is 20.3. The number of methoxy groups -OCH3 is 2. The number of hydrogen-bond acceptors (Lipinski definition) is 5. The maximum absolute atomic E-state index is 12.6. The number of ether oxygens (including phenoxy) is 2. The summed E-state index contributed by atoms with van der Waals surface area (Å²) in [4.78, 5) is 14.4. The van der Waals surface area contributed by atoms with Gasteiger partial charge in [0.05, 0.1) is 11.4 Å². The third-order valence-corrected chi connectivity index (χ3v) is 6.90. The lowest BCUT2D eigenvalue weighted by atomic mass is 9.81. The van der Waals surface area contributed by atoms with Crippen molar-refractivity contribution in [2.24, 2.45) is 11.8 Å². The molecule has 0 unspecified atom stereocenters. The Bertz CT molecular complexity index is 729. The number of benzene rings is 1. The van der Waals surface area contributed by atoms with Gasteiger partial charge in [-0.2, -0.15) is 0 Å². The van der Waals surface area contributed by atoms with Crippen molar-refractivity contribution in [3.63, 3.8) is 0 Å². The first-order chi connectivity index (χ1) is 13.3. The molecule has 7 nitrogen and oxygen atoms in total. The van der Waals surface area contributed by atoms with E-state index in [4.69, 9.17) is 21.1 Å². The first-order valence-electron chi connectivity index (χ1n) is 9.32. The van der Waals surface area contributed by atoms with Gasteiger partial charge in [-0.25, -0.2) is 13.1 Å². The monoisotopic (exact) mass is 432 g/mol. The number of carbonyl (C=O) groups excluding carboxylic acids is 1. The highest BCUT2D eigenvalue weighted by Crippen LogP contribution is 2.30. The Morgan fingerprint density at radius 1 is 1.18 bits per heavy atom. The predicted octanol–water partition coefficient (Wildman–Crippen LogP) is 2.50. The average Bonchev–Trinajstić information content (AvgIpc) is 2.70. The molecule has 1 aliphatic rings. The van der Waals surface area contributed by atoms with Gasteiger partial charge in [0.2, 0.25) is 15.9 Å². The largest absolute Gasteiger partial charge is 0.354 e. The zero-order valence-electron chi connectivity index (χ0n) is 16.6. The molecule has 0 atom stereocenters. The number of nitrogens with zero attached hydrogens (tertiary/aromatic N) is 1. The average molecular weight is 433 g/mol. The fourth-order valence-corrected chi connectivity index (χ4v) is 4.65. The lowest BCUT2D eigenvalue weighted by Crippen LogP contribution is -2.41. The van der Waals surface area contributed by atoms with Crippen LogP contribution in [0.4, 0.5) is 0 Å². The van der Waals surface area contributed by atoms with Crippen molar-refractivity contribution in [3.05, 3.63) is 29.3 Å². The van der Waals surface area contributed by atoms with Crippen molar-refractivity contribution >= 4 is 27.5 Å². The summed E-state index contributed by atoms with van der Waals surface area (Å²) in [6.07, 6.45) is 2.69. The second-order valence-electron chi connectivity index (χ2n) is 7.14. The van der Waals surface area contributed by atoms with Crippen molar-refractivity contribution < 1.29 is 22.7 Å². The van der Waals surface area contributed by atoms with Crippen molar-refractivity contribution in [2.45, 2.75) is 36.9 Å². The molecule has 1 fully saturated rings. The Morgan fingerprint density at radius 3 is 2.29 bits per heavy atom. The molecule has 2 rings (SSSR count). The Kier molecular flexibility index (Phi) is 8.70. The van der Waals surface area contributed by atoms with Crippen LogP contribution in [0.1, 0.15) is 25.7 Å². The van der Waals surface area contributed by atoms with Crippen molar-refractivity contribution in [3.8, 4) is 0 Å². The summed E-state index contributed by atoms with van der Waals surface area (Å²) in [5.41, 5.74) is 0. The zero-order valence-corrected chi connectivity index (χ0v) is 18.1. The van der Waals surface area contributed by atoms with Crippen LogP contribution in [-0.2, 0) is 24.3 Å². The molecule has 1 saturated carbocycles. The summed E-state index contributed by atoms with van der Waals surface area (Å²) >= 11 is 5.81. The summed E-state index contributed by atoms with van der Waals surface area (Å²) in [5.74, 6) is 0.268. The molecule has 1 aromatic rings. The van der Waals surface area contributed by atoms with Crippen LogP contribution in [-0.4, -0.2) is 59.9 Å². The van der Waals surface area contributed by atoms with E-state index in [1.165, 1.54) is 12.1 Å². The number of nitrogens with one attached hydrogen (secondary N) is 1. The van der Waals surface area contributed by atoms with Crippen LogP contribution in [0.2, 0.25) is 5.02 Å². The van der Waals surface area contributed by atoms with Gasteiger partial charge in [0.1, 0.15) is 0 Å². The first-order valence-corrected chi connectivity index (χ1v) is 11.2. The minimum atomic E-state index is -3.55. The Hall–Kier alpha value is -1.19. The third-order valence-electron chi connectivity index (χ3n) is 5.21. The van der Waals surface area contributed by atoms with Crippen LogP contribution in [0.15, 0.2) is 29.2 Å². The molecule has 1 amide bonds. The highest BCUT2D eigenvalue weighted by atomic mass is 35.5. The molecule has 0 aliphatic heterocycles. The van der Waals surface area contributed by atoms with Crippen LogP contribution >= 0.6 is 11.6 Å². The Morgan fingerprint density at radius 2 is 1.75 bits per heavy atom. The van der Waals surface area contributed by atoms with E-state index in [2.05, 4.69) is 4.72 Å². The predicted molar refractivity (Wildman–Crippen MR) is 108 cm³/mol. The maximum atomic E-state index is 12.6. The second kappa shape index (κ2) is 10.5. The summed E-state index contributed by atoms with van der Waals surface area (Å²) in [6.45, 7) is 0.754. The fourth-order valence-electron chi connectivity index (χ4n) is 3.41. The van der Waals surface area contributed by atoms with E-state index in [1.54, 1.807) is 38.3 Å². The molecule has 28 heavy (non-hydrogen) atoms. The summed E-state index contributed by atoms with van der Waals surface area (Å²) in [6, 6.07) is 6.09. The number of halogens is 1. The standard InChI is InChI=1S/C19H29ClN2O5S/c1-22(13-18(26-2)27-3)19(23)15-6-4-14(5-7-15)12-21-28(24,25)17-10-8-16(20)9-11-17/h8-11,14-15,18,21H,4-7,12-13H2,1-3H3. The molecule has 1 aromatic carbocycles. The van der Waals surface area contributed by atoms with Gasteiger partial charge >= 0.3 is 0 Å². The van der Waals surface area contributed by atoms with Crippen LogP contribution in [0, 0.1) is 11.8 Å². The van der Waals surface area contributed by atoms with E-state index < -0.39 is 16.3 Å². The van der Waals surface area contributed by atoms with Crippen molar-refractivity contribution in [1.29, 1.82) is 0 Å². The highest BCUT2D eigenvalue weighted by molar-refractivity contribution is 7.89. The van der Waals surface area contributed by atoms with E-state index in [9.17, 15) is 13.2 Å². The SMILES string of the molecule is COC(CN(C)C(=O)C1CCC(CNS(=O)(=O)c2ccc(Cl)cc2)CC1)OC. The summed E-state index contributed by atoms with van der Waals surface area (Å²) in [7, 11) is 1.29. The van der Waals surface area contributed by atoms with Gasteiger partial charge in [0.15, 0.2) is 6.29 Å². The number of sulfonamides is 1. The topological polar surface area (TPSA) is 84.9 Å². The lowest BCUT2D eigenvalue weighted by Gasteiger charge is -2.31. The van der Waals surface area contributed by atoms with Gasteiger partial charge in [0, 0.05) is 38.8 Å². The van der Waals surface area contributed by atoms with Gasteiger partial charge in [-0.1, -0.05) is 11.6 Å². The Balaban J connectivity index is 1.80. The van der Waals surface area contributed by atoms with Crippen molar-refractivity contribution in [2.75, 3.05) is 34.4 Å². The second-order valence-corrected chi connectivity index (χ2v) is 9.35. The van der Waals surface area contributed by atoms with Crippen LogP contribution in [0.5, 0.6) is 0 Å². The molecule has 0 heterocycles. The number of hydrogen-bond donors (Lipinski definition) is 1. The third kappa shape index (κ3) is 6.42. The van der Waals surface area contributed by atoms with E-state index in [0.29, 0.717) is 18.1 Å². The van der Waals surface area contributed by atoms with E-state index in [-0.39, 0.29) is 22.6 Å². The molecular formula is C19H29ClN2O5S. The van der Waals surface area contributed by atoms with Crippen LogP contribution in [0.3, 0.4) is 0 Å². The van der Waals surface area contributed by atoms with Gasteiger partial charge in [0.25, 0.3) is 0 Å². The molecule has 0 bridgehead atoms. The molecule has 158 valence electrons. The van der Waals surface area contributed by atoms with Gasteiger partial charge in [-0.3, -0.25) is 4.79 Å². The summed E-state index contributed by atoms with van der Waals surface area (Å²) < 4.78 is 37.7. The summed E-state index contributed by atoms with van der Waals surface area (Å²) in [5, 5.41) is 0.495. The van der Waals surface area contributed by atoms with Gasteiger partial charge in [-0.05, 0) is 55.9 Å².